The van der Waals surface area contributed by atoms with Gasteiger partial charge in [0, 0.05) is 38.6 Å². The van der Waals surface area contributed by atoms with Crippen molar-refractivity contribution in [3.05, 3.63) is 18.6 Å². The number of piperazine rings is 1. The lowest BCUT2D eigenvalue weighted by atomic mass is 10.2. The molecule has 1 aromatic rings. The van der Waals surface area contributed by atoms with Crippen LogP contribution in [-0.2, 0) is 4.74 Å². The molecule has 1 saturated heterocycles. The van der Waals surface area contributed by atoms with Gasteiger partial charge in [0.2, 0.25) is 0 Å². The summed E-state index contributed by atoms with van der Waals surface area (Å²) in [7, 11) is 0. The Bertz CT molecular complexity index is 521. The summed E-state index contributed by atoms with van der Waals surface area (Å²) in [6, 6.07) is -0.246. The van der Waals surface area contributed by atoms with Crippen molar-refractivity contribution in [2.45, 2.75) is 26.4 Å². The molecule has 1 aliphatic heterocycles. The van der Waals surface area contributed by atoms with Crippen LogP contribution in [0.5, 0.6) is 0 Å². The van der Waals surface area contributed by atoms with Crippen molar-refractivity contribution in [2.24, 2.45) is 0 Å². The van der Waals surface area contributed by atoms with Gasteiger partial charge in [0.25, 0.3) is 0 Å². The Kier molecular flexibility index (Phi) is 4.79. The summed E-state index contributed by atoms with van der Waals surface area (Å²) in [5.41, 5.74) is -0.516. The second kappa shape index (κ2) is 6.59. The van der Waals surface area contributed by atoms with Gasteiger partial charge in [-0.1, -0.05) is 0 Å². The molecule has 1 aromatic heterocycles. The van der Waals surface area contributed by atoms with Crippen LogP contribution in [0.15, 0.2) is 18.6 Å². The van der Waals surface area contributed by atoms with Crippen LogP contribution in [0.2, 0.25) is 0 Å². The third kappa shape index (κ3) is 4.57. The van der Waals surface area contributed by atoms with Crippen molar-refractivity contribution in [1.82, 2.24) is 19.8 Å². The van der Waals surface area contributed by atoms with Crippen molar-refractivity contribution >= 4 is 17.9 Å². The van der Waals surface area contributed by atoms with Gasteiger partial charge in [-0.2, -0.15) is 0 Å². The quantitative estimate of drug-likeness (QED) is 0.850. The summed E-state index contributed by atoms with van der Waals surface area (Å²) in [6.45, 7) is 7.28. The van der Waals surface area contributed by atoms with Crippen LogP contribution in [0, 0.1) is 0 Å². The Balaban J connectivity index is 1.82. The summed E-state index contributed by atoms with van der Waals surface area (Å²) >= 11 is 0. The van der Waals surface area contributed by atoms with Gasteiger partial charge >= 0.3 is 12.1 Å². The molecule has 1 N–H and O–H groups in total. The molecule has 0 saturated carbocycles. The number of urea groups is 1. The lowest BCUT2D eigenvalue weighted by Crippen LogP contribution is -2.52. The van der Waals surface area contributed by atoms with Crippen molar-refractivity contribution < 1.29 is 14.3 Å². The molecule has 8 nitrogen and oxygen atoms in total. The number of hydrogen-bond acceptors (Lipinski definition) is 5. The molecule has 2 rings (SSSR count). The minimum Gasteiger partial charge on any atom is -0.444 e. The number of hydrogen-bond donors (Lipinski definition) is 1. The van der Waals surface area contributed by atoms with Crippen LogP contribution in [0.1, 0.15) is 20.8 Å². The number of ether oxygens (including phenoxy) is 1. The van der Waals surface area contributed by atoms with Crippen molar-refractivity contribution in [3.8, 4) is 0 Å². The predicted octanol–water partition coefficient (Wildman–Crippen LogP) is 1.56. The highest BCUT2D eigenvalue weighted by molar-refractivity contribution is 5.88. The molecule has 1 aliphatic rings. The van der Waals surface area contributed by atoms with Gasteiger partial charge in [-0.05, 0) is 20.8 Å². The fourth-order valence-electron chi connectivity index (χ4n) is 1.97. The van der Waals surface area contributed by atoms with E-state index in [9.17, 15) is 9.59 Å². The smallest absolute Gasteiger partial charge is 0.410 e. The topological polar surface area (TPSA) is 87.7 Å². The molecule has 120 valence electrons. The van der Waals surface area contributed by atoms with Crippen molar-refractivity contribution in [2.75, 3.05) is 31.5 Å². The Morgan fingerprint density at radius 2 is 1.77 bits per heavy atom. The van der Waals surface area contributed by atoms with Gasteiger partial charge < -0.3 is 14.5 Å². The Labute approximate surface area is 129 Å². The molecule has 0 radical (unpaired) electrons. The van der Waals surface area contributed by atoms with Gasteiger partial charge in [-0.25, -0.2) is 14.6 Å². The van der Waals surface area contributed by atoms with E-state index >= 15 is 0 Å². The third-order valence-electron chi connectivity index (χ3n) is 3.02. The largest absolute Gasteiger partial charge is 0.444 e. The molecule has 1 fully saturated rings. The Hall–Kier alpha value is -2.38. The number of nitrogens with one attached hydrogen (secondary N) is 1. The van der Waals surface area contributed by atoms with Crippen LogP contribution in [-0.4, -0.2) is 63.7 Å². The van der Waals surface area contributed by atoms with Crippen LogP contribution < -0.4 is 5.32 Å². The van der Waals surface area contributed by atoms with E-state index in [1.807, 2.05) is 20.8 Å². The number of aromatic nitrogens is 2. The zero-order valence-corrected chi connectivity index (χ0v) is 13.1. The minimum atomic E-state index is -0.516. The summed E-state index contributed by atoms with van der Waals surface area (Å²) in [5.74, 6) is 0.405. The summed E-state index contributed by atoms with van der Waals surface area (Å²) in [4.78, 5) is 35.2. The maximum absolute atomic E-state index is 12.1. The number of nitrogens with zero attached hydrogens (tertiary/aromatic N) is 4. The highest BCUT2D eigenvalue weighted by Crippen LogP contribution is 2.12. The third-order valence-corrected chi connectivity index (χ3v) is 3.02. The zero-order chi connectivity index (χ0) is 16.2. The minimum absolute atomic E-state index is 0.246. The summed E-state index contributed by atoms with van der Waals surface area (Å²) in [5, 5.41) is 2.67. The van der Waals surface area contributed by atoms with E-state index in [0.29, 0.717) is 32.0 Å². The number of carbonyl (C=O) groups is 2. The fourth-order valence-corrected chi connectivity index (χ4v) is 1.97. The first-order chi connectivity index (χ1) is 10.3. The van der Waals surface area contributed by atoms with Crippen LogP contribution >= 0.6 is 0 Å². The van der Waals surface area contributed by atoms with Crippen molar-refractivity contribution in [3.63, 3.8) is 0 Å². The molecule has 0 bridgehead atoms. The van der Waals surface area contributed by atoms with E-state index in [-0.39, 0.29) is 12.1 Å². The molecule has 8 heteroatoms. The molecule has 0 unspecified atom stereocenters. The maximum atomic E-state index is 12.1. The van der Waals surface area contributed by atoms with Gasteiger partial charge in [0.05, 0.1) is 6.20 Å². The number of rotatable bonds is 1. The SMILES string of the molecule is CC(C)(C)OC(=O)N1CCN(C(=O)Nc2cnccn2)CC1. The van der Waals surface area contributed by atoms with Crippen LogP contribution in [0.4, 0.5) is 15.4 Å². The van der Waals surface area contributed by atoms with Gasteiger partial charge in [0.1, 0.15) is 5.60 Å². The Morgan fingerprint density at radius 1 is 1.14 bits per heavy atom. The zero-order valence-electron chi connectivity index (χ0n) is 13.1. The standard InChI is InChI=1S/C14H21N5O3/c1-14(2,3)22-13(21)19-8-6-18(7-9-19)12(20)17-11-10-15-4-5-16-11/h4-5,10H,6-9H2,1-3H3,(H,16,17,20). The van der Waals surface area contributed by atoms with Gasteiger partial charge in [-0.15, -0.1) is 0 Å². The summed E-state index contributed by atoms with van der Waals surface area (Å²) < 4.78 is 5.32. The molecule has 0 aliphatic carbocycles. The van der Waals surface area contributed by atoms with Gasteiger partial charge in [-0.3, -0.25) is 10.3 Å². The average molecular weight is 307 g/mol. The molecule has 0 spiro atoms. The molecule has 0 atom stereocenters. The molecule has 22 heavy (non-hydrogen) atoms. The van der Waals surface area contributed by atoms with Crippen molar-refractivity contribution in [1.29, 1.82) is 0 Å². The average Bonchev–Trinajstić information content (AvgIpc) is 2.46. The van der Waals surface area contributed by atoms with E-state index in [1.165, 1.54) is 18.6 Å². The van der Waals surface area contributed by atoms with E-state index in [1.54, 1.807) is 9.80 Å². The first-order valence-corrected chi connectivity index (χ1v) is 7.15. The first-order valence-electron chi connectivity index (χ1n) is 7.15. The maximum Gasteiger partial charge on any atom is 0.410 e. The molecule has 0 aromatic carbocycles. The number of anilines is 1. The Morgan fingerprint density at radius 3 is 2.32 bits per heavy atom. The fraction of sp³-hybridized carbons (Fsp3) is 0.571. The summed E-state index contributed by atoms with van der Waals surface area (Å²) in [6.07, 6.45) is 4.18. The monoisotopic (exact) mass is 307 g/mol. The lowest BCUT2D eigenvalue weighted by Gasteiger charge is -2.35. The highest BCUT2D eigenvalue weighted by atomic mass is 16.6. The second-order valence-corrected chi connectivity index (χ2v) is 5.98. The van der Waals surface area contributed by atoms with E-state index in [4.69, 9.17) is 4.74 Å². The van der Waals surface area contributed by atoms with Crippen LogP contribution in [0.3, 0.4) is 0 Å². The van der Waals surface area contributed by atoms with E-state index in [2.05, 4.69) is 15.3 Å². The second-order valence-electron chi connectivity index (χ2n) is 5.98. The van der Waals surface area contributed by atoms with Crippen LogP contribution in [0.25, 0.3) is 0 Å². The normalized spacial score (nSPS) is 15.4. The highest BCUT2D eigenvalue weighted by Gasteiger charge is 2.27. The number of carbonyl (C=O) groups excluding carboxylic acids is 2. The number of amides is 3. The lowest BCUT2D eigenvalue weighted by molar-refractivity contribution is 0.0174. The van der Waals surface area contributed by atoms with Gasteiger partial charge in [0.15, 0.2) is 5.82 Å². The predicted molar refractivity (Wildman–Crippen MR) is 80.4 cm³/mol. The molecular formula is C14H21N5O3. The molecule has 2 heterocycles. The molecule has 3 amide bonds. The van der Waals surface area contributed by atoms with E-state index in [0.717, 1.165) is 0 Å². The molecular weight excluding hydrogens is 286 g/mol. The van der Waals surface area contributed by atoms with E-state index < -0.39 is 5.60 Å². The first kappa shape index (κ1) is 16.0.